The van der Waals surface area contributed by atoms with Crippen molar-refractivity contribution in [2.24, 2.45) is 4.36 Å². The molecule has 2 heterocycles. The molecule has 5 N–H and O–H groups in total. The van der Waals surface area contributed by atoms with Crippen LogP contribution in [0.3, 0.4) is 0 Å². The number of carbonyl (C=O) groups is 2. The maximum Gasteiger partial charge on any atom is 0.323 e. The first-order chi connectivity index (χ1) is 19.6. The zero-order chi connectivity index (χ0) is 29.4. The molecule has 0 saturated heterocycles. The monoisotopic (exact) mass is 577 g/mol. The Labute approximate surface area is 237 Å². The molecule has 0 saturated carbocycles. The first kappa shape index (κ1) is 29.3. The molecule has 214 valence electrons. The molecular weight excluding hydrogens is 546 g/mol. The predicted molar refractivity (Wildman–Crippen MR) is 158 cm³/mol. The summed E-state index contributed by atoms with van der Waals surface area (Å²) in [5, 5.41) is 24.8. The summed E-state index contributed by atoms with van der Waals surface area (Å²) >= 11 is 0. The lowest BCUT2D eigenvalue weighted by atomic mass is 10.2. The van der Waals surface area contributed by atoms with E-state index in [0.717, 1.165) is 5.56 Å². The Morgan fingerprint density at radius 3 is 2.54 bits per heavy atom. The van der Waals surface area contributed by atoms with Crippen LogP contribution in [0.25, 0.3) is 11.4 Å². The Bertz CT molecular complexity index is 1640. The lowest BCUT2D eigenvalue weighted by molar-refractivity contribution is -0.137. The van der Waals surface area contributed by atoms with Gasteiger partial charge in [0.2, 0.25) is 0 Å². The molecular formula is C29H31N5O6S. The lowest BCUT2D eigenvalue weighted by Gasteiger charge is -2.10. The topological polar surface area (TPSA) is 166 Å². The third-order valence-electron chi connectivity index (χ3n) is 5.87. The molecule has 4 aromatic rings. The van der Waals surface area contributed by atoms with Crippen LogP contribution >= 0.6 is 0 Å². The van der Waals surface area contributed by atoms with Crippen LogP contribution in [0.5, 0.6) is 11.5 Å². The summed E-state index contributed by atoms with van der Waals surface area (Å²) in [6.07, 6.45) is 3.29. The normalized spacial score (nSPS) is 13.0. The van der Waals surface area contributed by atoms with Crippen LogP contribution in [0.15, 0.2) is 83.5 Å². The van der Waals surface area contributed by atoms with Gasteiger partial charge in [0.1, 0.15) is 11.5 Å². The highest BCUT2D eigenvalue weighted by Gasteiger charge is 2.14. The number of urea groups is 1. The number of aryl methyl sites for hydroxylation is 1. The standard InChI is InChI=1S/C29H31N5O6S/c1-19-5-3-6-22(15-19)33-29(38)32-21-8-10-23(11-9-21)40-24-12-13-30-26(17-24)25-16-20(18-31-25)28(37)34-41(2,39)14-4-7-27(35)36/h3,5-6,8-13,15-18,28,31,37H,4,7,14H2,1-2H3,(H,35,36)(H2,32,33,38). The van der Waals surface area contributed by atoms with E-state index in [1.165, 1.54) is 6.26 Å². The van der Waals surface area contributed by atoms with Gasteiger partial charge in [0, 0.05) is 63.6 Å². The molecule has 4 rings (SSSR count). The Balaban J connectivity index is 1.37. The molecule has 0 aliphatic heterocycles. The molecule has 2 atom stereocenters. The quantitative estimate of drug-likeness (QED) is 0.151. The number of aliphatic hydroxyl groups is 1. The summed E-state index contributed by atoms with van der Waals surface area (Å²) < 4.78 is 22.6. The highest BCUT2D eigenvalue weighted by molar-refractivity contribution is 7.92. The molecule has 0 spiro atoms. The van der Waals surface area contributed by atoms with E-state index < -0.39 is 21.9 Å². The summed E-state index contributed by atoms with van der Waals surface area (Å²) in [6.45, 7) is 1.95. The van der Waals surface area contributed by atoms with Crippen molar-refractivity contribution < 1.29 is 28.7 Å². The minimum atomic E-state index is -2.76. The van der Waals surface area contributed by atoms with Gasteiger partial charge < -0.3 is 30.6 Å². The minimum absolute atomic E-state index is 0.0756. The molecule has 0 aliphatic carbocycles. The van der Waals surface area contributed by atoms with Gasteiger partial charge in [-0.3, -0.25) is 9.78 Å². The average molecular weight is 578 g/mol. The highest BCUT2D eigenvalue weighted by Crippen LogP contribution is 2.28. The number of carboxylic acid groups (broad SMARTS) is 1. The molecule has 0 aliphatic rings. The third kappa shape index (κ3) is 8.92. The van der Waals surface area contributed by atoms with Crippen LogP contribution in [-0.2, 0) is 14.5 Å². The molecule has 2 amide bonds. The zero-order valence-electron chi connectivity index (χ0n) is 22.5. The van der Waals surface area contributed by atoms with E-state index in [-0.39, 0.29) is 24.6 Å². The maximum atomic E-state index is 12.6. The second-order valence-corrected chi connectivity index (χ2v) is 12.0. The molecule has 0 fully saturated rings. The summed E-state index contributed by atoms with van der Waals surface area (Å²) in [5.74, 6) is 0.173. The Morgan fingerprint density at radius 2 is 1.80 bits per heavy atom. The molecule has 2 aromatic carbocycles. The van der Waals surface area contributed by atoms with Gasteiger partial charge >= 0.3 is 12.0 Å². The number of H-pyrrole nitrogens is 1. The van der Waals surface area contributed by atoms with E-state index in [1.54, 1.807) is 54.9 Å². The summed E-state index contributed by atoms with van der Waals surface area (Å²) in [7, 11) is -2.76. The van der Waals surface area contributed by atoms with E-state index in [0.29, 0.717) is 39.8 Å². The first-order valence-corrected chi connectivity index (χ1v) is 14.8. The second kappa shape index (κ2) is 13.1. The van der Waals surface area contributed by atoms with Crippen molar-refractivity contribution in [3.63, 3.8) is 0 Å². The molecule has 0 bridgehead atoms. The number of carboxylic acids is 1. The number of anilines is 2. The number of aliphatic hydroxyl groups excluding tert-OH is 1. The summed E-state index contributed by atoms with van der Waals surface area (Å²) in [4.78, 5) is 30.4. The van der Waals surface area contributed by atoms with E-state index in [9.17, 15) is 18.9 Å². The molecule has 41 heavy (non-hydrogen) atoms. The van der Waals surface area contributed by atoms with Gasteiger partial charge in [0.15, 0.2) is 6.23 Å². The van der Waals surface area contributed by atoms with Gasteiger partial charge in [0.25, 0.3) is 0 Å². The number of hydrogen-bond donors (Lipinski definition) is 5. The zero-order valence-corrected chi connectivity index (χ0v) is 23.4. The number of pyridine rings is 1. The lowest BCUT2D eigenvalue weighted by Crippen LogP contribution is -2.19. The van der Waals surface area contributed by atoms with Crippen molar-refractivity contribution in [3.8, 4) is 22.9 Å². The number of benzene rings is 2. The number of amides is 2. The van der Waals surface area contributed by atoms with Crippen LogP contribution < -0.4 is 15.4 Å². The largest absolute Gasteiger partial charge is 0.481 e. The molecule has 0 radical (unpaired) electrons. The van der Waals surface area contributed by atoms with E-state index in [2.05, 4.69) is 25.0 Å². The number of nitrogens with zero attached hydrogens (tertiary/aromatic N) is 2. The first-order valence-electron chi connectivity index (χ1n) is 12.7. The van der Waals surface area contributed by atoms with Crippen molar-refractivity contribution in [1.82, 2.24) is 9.97 Å². The van der Waals surface area contributed by atoms with Crippen molar-refractivity contribution >= 4 is 33.1 Å². The van der Waals surface area contributed by atoms with Crippen LogP contribution in [0, 0.1) is 6.92 Å². The molecule has 2 unspecified atom stereocenters. The van der Waals surface area contributed by atoms with Crippen LogP contribution in [-0.4, -0.2) is 48.4 Å². The van der Waals surface area contributed by atoms with Crippen LogP contribution in [0.1, 0.15) is 30.2 Å². The van der Waals surface area contributed by atoms with Crippen LogP contribution in [0.4, 0.5) is 16.2 Å². The average Bonchev–Trinajstić information content (AvgIpc) is 3.40. The Morgan fingerprint density at radius 1 is 1.05 bits per heavy atom. The SMILES string of the molecule is Cc1cccc(NC(=O)Nc2ccc(Oc3ccnc(-c4cc(C(O)N=S(C)(=O)CCCC(=O)O)c[nH]4)c3)cc2)c1. The van der Waals surface area contributed by atoms with Gasteiger partial charge in [-0.2, -0.15) is 0 Å². The van der Waals surface area contributed by atoms with Crippen molar-refractivity contribution in [2.45, 2.75) is 26.0 Å². The smallest absolute Gasteiger partial charge is 0.323 e. The van der Waals surface area contributed by atoms with E-state index in [4.69, 9.17) is 9.84 Å². The summed E-state index contributed by atoms with van der Waals surface area (Å²) in [6, 6.07) is 19.1. The van der Waals surface area contributed by atoms with Gasteiger partial charge in [0.05, 0.1) is 11.4 Å². The van der Waals surface area contributed by atoms with Gasteiger partial charge in [-0.15, -0.1) is 0 Å². The number of aliphatic carboxylic acids is 1. The molecule has 11 nitrogen and oxygen atoms in total. The number of hydrogen-bond acceptors (Lipinski definition) is 7. The maximum absolute atomic E-state index is 12.6. The van der Waals surface area contributed by atoms with Gasteiger partial charge in [-0.1, -0.05) is 12.1 Å². The number of ether oxygens (including phenoxy) is 1. The fraction of sp³-hybridized carbons (Fsp3) is 0.207. The third-order valence-corrected chi connectivity index (χ3v) is 7.56. The summed E-state index contributed by atoms with van der Waals surface area (Å²) in [5.41, 5.74) is 3.88. The minimum Gasteiger partial charge on any atom is -0.481 e. The van der Waals surface area contributed by atoms with E-state index in [1.807, 2.05) is 31.2 Å². The number of carbonyl (C=O) groups excluding carboxylic acids is 1. The second-order valence-electron chi connectivity index (χ2n) is 9.44. The van der Waals surface area contributed by atoms with Crippen LogP contribution in [0.2, 0.25) is 0 Å². The fourth-order valence-corrected chi connectivity index (χ4v) is 5.23. The van der Waals surface area contributed by atoms with Gasteiger partial charge in [-0.25, -0.2) is 13.4 Å². The number of rotatable bonds is 11. The van der Waals surface area contributed by atoms with Crippen molar-refractivity contribution in [2.75, 3.05) is 22.6 Å². The highest BCUT2D eigenvalue weighted by atomic mass is 32.2. The molecule has 12 heteroatoms. The fourth-order valence-electron chi connectivity index (χ4n) is 3.90. The number of aromatic amines is 1. The Hall–Kier alpha value is -4.68. The number of nitrogens with one attached hydrogen (secondary N) is 3. The number of aromatic nitrogens is 2. The van der Waals surface area contributed by atoms with E-state index >= 15 is 0 Å². The molecule has 2 aromatic heterocycles. The van der Waals surface area contributed by atoms with Crippen molar-refractivity contribution in [3.05, 3.63) is 90.3 Å². The Kier molecular flexibility index (Phi) is 9.37. The predicted octanol–water partition coefficient (Wildman–Crippen LogP) is 5.77. The van der Waals surface area contributed by atoms with Crippen molar-refractivity contribution in [1.29, 1.82) is 0 Å². The van der Waals surface area contributed by atoms with Gasteiger partial charge in [-0.05, 0) is 67.4 Å².